The molecule has 0 spiro atoms. The molecule has 88 valence electrons. The summed E-state index contributed by atoms with van der Waals surface area (Å²) in [4.78, 5) is 11.7. The normalized spacial score (nSPS) is 10.2. The third-order valence-corrected chi connectivity index (χ3v) is 3.40. The molecule has 2 aromatic rings. The number of carbonyl (C=O) groups is 1. The zero-order valence-electron chi connectivity index (χ0n) is 8.89. The second-order valence-electron chi connectivity index (χ2n) is 3.30. The molecule has 0 bridgehead atoms. The summed E-state index contributed by atoms with van der Waals surface area (Å²) in [6, 6.07) is 9.69. The van der Waals surface area contributed by atoms with Crippen LogP contribution in [0.5, 0.6) is 0 Å². The lowest BCUT2D eigenvalue weighted by Gasteiger charge is -2.01. The van der Waals surface area contributed by atoms with Gasteiger partial charge in [-0.3, -0.25) is 4.79 Å². The highest BCUT2D eigenvalue weighted by Gasteiger charge is 2.11. The van der Waals surface area contributed by atoms with E-state index < -0.39 is 0 Å². The molecule has 0 fully saturated rings. The number of nitrogens with one attached hydrogen (secondary N) is 1. The Labute approximate surface area is 108 Å². The Bertz CT molecular complexity index is 500. The van der Waals surface area contributed by atoms with Crippen molar-refractivity contribution in [1.82, 2.24) is 15.5 Å². The maximum absolute atomic E-state index is 11.7. The summed E-state index contributed by atoms with van der Waals surface area (Å²) in [6.07, 6.45) is 0. The molecular weight excluding hydrogens is 258 g/mol. The Kier molecular flexibility index (Phi) is 4.06. The van der Waals surface area contributed by atoms with E-state index >= 15 is 0 Å². The summed E-state index contributed by atoms with van der Waals surface area (Å²) < 4.78 is 0. The molecule has 1 aromatic carbocycles. The first-order valence-electron chi connectivity index (χ1n) is 5.00. The third kappa shape index (κ3) is 3.25. The minimum Gasteiger partial charge on any atom is -0.346 e. The van der Waals surface area contributed by atoms with Crippen molar-refractivity contribution in [3.63, 3.8) is 0 Å². The first-order valence-corrected chi connectivity index (χ1v) is 6.35. The van der Waals surface area contributed by atoms with Gasteiger partial charge in [0.25, 0.3) is 5.91 Å². The number of aromatic nitrogens is 2. The molecule has 1 N–H and O–H groups in total. The highest BCUT2D eigenvalue weighted by molar-refractivity contribution is 7.13. The van der Waals surface area contributed by atoms with E-state index in [-0.39, 0.29) is 11.8 Å². The Balaban J connectivity index is 1.93. The van der Waals surface area contributed by atoms with Crippen molar-refractivity contribution in [2.75, 3.05) is 0 Å². The second-order valence-corrected chi connectivity index (χ2v) is 4.63. The SMILES string of the molecule is O=C(NCc1ccccc1)c1nnc(CCl)s1. The molecule has 2 rings (SSSR count). The lowest BCUT2D eigenvalue weighted by atomic mass is 10.2. The monoisotopic (exact) mass is 267 g/mol. The van der Waals surface area contributed by atoms with Gasteiger partial charge in [-0.25, -0.2) is 0 Å². The van der Waals surface area contributed by atoms with E-state index in [0.717, 1.165) is 5.56 Å². The second kappa shape index (κ2) is 5.75. The number of hydrogen-bond donors (Lipinski definition) is 1. The van der Waals surface area contributed by atoms with Crippen molar-refractivity contribution in [1.29, 1.82) is 0 Å². The molecule has 0 saturated carbocycles. The lowest BCUT2D eigenvalue weighted by molar-refractivity contribution is 0.0950. The van der Waals surface area contributed by atoms with Crippen LogP contribution < -0.4 is 5.32 Å². The fraction of sp³-hybridized carbons (Fsp3) is 0.182. The fourth-order valence-electron chi connectivity index (χ4n) is 1.25. The van der Waals surface area contributed by atoms with E-state index in [9.17, 15) is 4.79 Å². The highest BCUT2D eigenvalue weighted by atomic mass is 35.5. The van der Waals surface area contributed by atoms with Crippen molar-refractivity contribution in [3.8, 4) is 0 Å². The number of halogens is 1. The van der Waals surface area contributed by atoms with E-state index in [2.05, 4.69) is 15.5 Å². The van der Waals surface area contributed by atoms with E-state index in [4.69, 9.17) is 11.6 Å². The van der Waals surface area contributed by atoms with Crippen LogP contribution in [-0.2, 0) is 12.4 Å². The van der Waals surface area contributed by atoms with Crippen LogP contribution in [0.1, 0.15) is 20.4 Å². The smallest absolute Gasteiger partial charge is 0.282 e. The Morgan fingerprint density at radius 3 is 2.71 bits per heavy atom. The first kappa shape index (κ1) is 12.0. The highest BCUT2D eigenvalue weighted by Crippen LogP contribution is 2.11. The van der Waals surface area contributed by atoms with E-state index in [1.807, 2.05) is 30.3 Å². The molecular formula is C11H10ClN3OS. The molecule has 1 aromatic heterocycles. The maximum Gasteiger partial charge on any atom is 0.282 e. The van der Waals surface area contributed by atoms with Gasteiger partial charge >= 0.3 is 0 Å². The average molecular weight is 268 g/mol. The topological polar surface area (TPSA) is 54.9 Å². The van der Waals surface area contributed by atoms with Gasteiger partial charge in [0.15, 0.2) is 0 Å². The zero-order chi connectivity index (χ0) is 12.1. The van der Waals surface area contributed by atoms with Gasteiger partial charge in [-0.05, 0) is 5.56 Å². The van der Waals surface area contributed by atoms with Gasteiger partial charge in [0.1, 0.15) is 5.01 Å². The first-order chi connectivity index (χ1) is 8.29. The van der Waals surface area contributed by atoms with E-state index in [1.165, 1.54) is 11.3 Å². The van der Waals surface area contributed by atoms with Crippen molar-refractivity contribution in [2.24, 2.45) is 0 Å². The van der Waals surface area contributed by atoms with Crippen LogP contribution in [0.25, 0.3) is 0 Å². The van der Waals surface area contributed by atoms with Crippen molar-refractivity contribution in [2.45, 2.75) is 12.4 Å². The summed E-state index contributed by atoms with van der Waals surface area (Å²) in [5.74, 6) is 0.0617. The summed E-state index contributed by atoms with van der Waals surface area (Å²) in [6.45, 7) is 0.482. The van der Waals surface area contributed by atoms with Gasteiger partial charge in [0.2, 0.25) is 5.01 Å². The van der Waals surface area contributed by atoms with Gasteiger partial charge in [-0.15, -0.1) is 21.8 Å². The third-order valence-electron chi connectivity index (χ3n) is 2.07. The van der Waals surface area contributed by atoms with Crippen LogP contribution >= 0.6 is 22.9 Å². The number of hydrogen-bond acceptors (Lipinski definition) is 4. The van der Waals surface area contributed by atoms with Crippen LogP contribution in [-0.4, -0.2) is 16.1 Å². The van der Waals surface area contributed by atoms with Crippen molar-refractivity contribution < 1.29 is 4.79 Å². The minimum atomic E-state index is -0.220. The predicted molar refractivity (Wildman–Crippen MR) is 67.1 cm³/mol. The molecule has 0 aliphatic heterocycles. The number of nitrogens with zero attached hydrogens (tertiary/aromatic N) is 2. The number of alkyl halides is 1. The van der Waals surface area contributed by atoms with Crippen LogP contribution in [0.2, 0.25) is 0 Å². The van der Waals surface area contributed by atoms with Crippen LogP contribution in [0.4, 0.5) is 0 Å². The largest absolute Gasteiger partial charge is 0.346 e. The Morgan fingerprint density at radius 1 is 1.29 bits per heavy atom. The molecule has 0 aliphatic carbocycles. The molecule has 0 atom stereocenters. The number of benzene rings is 1. The summed E-state index contributed by atoms with van der Waals surface area (Å²) in [7, 11) is 0. The number of rotatable bonds is 4. The molecule has 0 unspecified atom stereocenters. The minimum absolute atomic E-state index is 0.220. The molecule has 1 amide bonds. The molecule has 0 aliphatic rings. The summed E-state index contributed by atoms with van der Waals surface area (Å²) >= 11 is 6.80. The fourth-order valence-corrected chi connectivity index (χ4v) is 2.08. The molecule has 4 nitrogen and oxygen atoms in total. The van der Waals surface area contributed by atoms with Gasteiger partial charge in [-0.2, -0.15) is 0 Å². The molecule has 17 heavy (non-hydrogen) atoms. The van der Waals surface area contributed by atoms with Crippen LogP contribution in [0.15, 0.2) is 30.3 Å². The quantitative estimate of drug-likeness (QED) is 0.864. The van der Waals surface area contributed by atoms with Gasteiger partial charge in [0, 0.05) is 6.54 Å². The molecule has 1 heterocycles. The zero-order valence-corrected chi connectivity index (χ0v) is 10.5. The maximum atomic E-state index is 11.7. The molecule has 0 saturated heterocycles. The number of amides is 1. The van der Waals surface area contributed by atoms with Gasteiger partial charge < -0.3 is 5.32 Å². The van der Waals surface area contributed by atoms with Crippen LogP contribution in [0.3, 0.4) is 0 Å². The average Bonchev–Trinajstić information content (AvgIpc) is 2.86. The summed E-state index contributed by atoms with van der Waals surface area (Å²) in [5, 5.41) is 11.3. The van der Waals surface area contributed by atoms with Crippen molar-refractivity contribution in [3.05, 3.63) is 45.9 Å². The van der Waals surface area contributed by atoms with Crippen LogP contribution in [0, 0.1) is 0 Å². The van der Waals surface area contributed by atoms with E-state index in [1.54, 1.807) is 0 Å². The Hall–Kier alpha value is -1.46. The molecule has 6 heteroatoms. The van der Waals surface area contributed by atoms with Gasteiger partial charge in [0.05, 0.1) is 5.88 Å². The van der Waals surface area contributed by atoms with Crippen molar-refractivity contribution >= 4 is 28.8 Å². The number of carbonyl (C=O) groups excluding carboxylic acids is 1. The van der Waals surface area contributed by atoms with Gasteiger partial charge in [-0.1, -0.05) is 41.7 Å². The molecule has 0 radical (unpaired) electrons. The lowest BCUT2D eigenvalue weighted by Crippen LogP contribution is -2.22. The Morgan fingerprint density at radius 2 is 2.06 bits per heavy atom. The standard InChI is InChI=1S/C11H10ClN3OS/c12-6-9-14-15-11(17-9)10(16)13-7-8-4-2-1-3-5-8/h1-5H,6-7H2,(H,13,16). The van der Waals surface area contributed by atoms with E-state index in [0.29, 0.717) is 16.6 Å². The summed E-state index contributed by atoms with van der Waals surface area (Å²) in [5.41, 5.74) is 1.04. The predicted octanol–water partition coefficient (Wildman–Crippen LogP) is 2.21.